The quantitative estimate of drug-likeness (QED) is 0.559. The molecule has 2 heteroatoms. The van der Waals surface area contributed by atoms with E-state index >= 15 is 0 Å². The number of hydrogen-bond acceptors (Lipinski definition) is 2. The highest BCUT2D eigenvalue weighted by Crippen LogP contribution is 2.35. The molecular weight excluding hydrogens is 118 g/mol. The van der Waals surface area contributed by atoms with E-state index in [9.17, 15) is 0 Å². The van der Waals surface area contributed by atoms with E-state index in [0.717, 1.165) is 11.2 Å². The summed E-state index contributed by atoms with van der Waals surface area (Å²) in [4.78, 5) is 0. The molecule has 1 unspecified atom stereocenters. The molecule has 0 aliphatic carbocycles. The van der Waals surface area contributed by atoms with Crippen LogP contribution in [0.1, 0.15) is 6.42 Å². The van der Waals surface area contributed by atoms with Crippen LogP contribution in [-0.2, 0) is 0 Å². The van der Waals surface area contributed by atoms with Crippen molar-refractivity contribution in [3.63, 3.8) is 0 Å². The van der Waals surface area contributed by atoms with E-state index in [2.05, 4.69) is 17.1 Å². The van der Waals surface area contributed by atoms with Gasteiger partial charge in [-0.25, -0.2) is 0 Å². The van der Waals surface area contributed by atoms with Gasteiger partial charge < -0.3 is 5.32 Å². The smallest absolute Gasteiger partial charge is 0.0107 e. The molecular formula is C6H11NS. The van der Waals surface area contributed by atoms with Crippen molar-refractivity contribution in [2.75, 3.05) is 18.8 Å². The molecule has 0 bridgehead atoms. The molecule has 0 radical (unpaired) electrons. The van der Waals surface area contributed by atoms with Crippen LogP contribution in [0.2, 0.25) is 0 Å². The highest BCUT2D eigenvalue weighted by molar-refractivity contribution is 8.01. The lowest BCUT2D eigenvalue weighted by molar-refractivity contribution is 0.327. The minimum absolute atomic E-state index is 1.04. The summed E-state index contributed by atoms with van der Waals surface area (Å²) in [6, 6.07) is 0. The van der Waals surface area contributed by atoms with Crippen molar-refractivity contribution in [1.29, 1.82) is 0 Å². The Hall–Kier alpha value is 0.310. The molecule has 2 heterocycles. The van der Waals surface area contributed by atoms with E-state index < -0.39 is 0 Å². The highest BCUT2D eigenvalue weighted by atomic mass is 32.2. The maximum Gasteiger partial charge on any atom is 0.0107 e. The first-order chi connectivity index (χ1) is 3.97. The summed E-state index contributed by atoms with van der Waals surface area (Å²) in [6.45, 7) is 2.58. The third-order valence-electron chi connectivity index (χ3n) is 2.07. The Kier molecular flexibility index (Phi) is 1.23. The summed E-state index contributed by atoms with van der Waals surface area (Å²) < 4.78 is 0. The van der Waals surface area contributed by atoms with Gasteiger partial charge in [-0.1, -0.05) is 0 Å². The van der Waals surface area contributed by atoms with Gasteiger partial charge in [-0.05, 0) is 18.1 Å². The van der Waals surface area contributed by atoms with E-state index in [0.29, 0.717) is 0 Å². The SMILES string of the molecule is C1CC(C2CNC2)S1. The number of thioether (sulfide) groups is 1. The largest absolute Gasteiger partial charge is 0.316 e. The van der Waals surface area contributed by atoms with Crippen LogP contribution in [0.5, 0.6) is 0 Å². The molecule has 0 aromatic rings. The van der Waals surface area contributed by atoms with Crippen LogP contribution >= 0.6 is 11.8 Å². The first kappa shape index (κ1) is 5.12. The van der Waals surface area contributed by atoms with Crippen molar-refractivity contribution < 1.29 is 0 Å². The van der Waals surface area contributed by atoms with Crippen LogP contribution in [0, 0.1) is 5.92 Å². The average molecular weight is 129 g/mol. The fraction of sp³-hybridized carbons (Fsp3) is 1.00. The van der Waals surface area contributed by atoms with Gasteiger partial charge >= 0.3 is 0 Å². The maximum absolute atomic E-state index is 3.30. The Morgan fingerprint density at radius 1 is 1.38 bits per heavy atom. The summed E-state index contributed by atoms with van der Waals surface area (Å²) in [5, 5.41) is 4.34. The number of nitrogens with one attached hydrogen (secondary N) is 1. The minimum atomic E-state index is 1.04. The zero-order valence-electron chi connectivity index (χ0n) is 4.89. The second-order valence-corrected chi connectivity index (χ2v) is 3.96. The van der Waals surface area contributed by atoms with E-state index in [1.54, 1.807) is 0 Å². The third-order valence-corrected chi connectivity index (χ3v) is 3.59. The predicted octanol–water partition coefficient (Wildman–Crippen LogP) is 0.711. The standard InChI is InChI=1S/C6H11NS/c1-2-8-6(1)5-3-7-4-5/h5-7H,1-4H2. The lowest BCUT2D eigenvalue weighted by atomic mass is 9.97. The molecule has 2 rings (SSSR count). The van der Waals surface area contributed by atoms with Crippen molar-refractivity contribution >= 4 is 11.8 Å². The van der Waals surface area contributed by atoms with Crippen LogP contribution in [0.25, 0.3) is 0 Å². The van der Waals surface area contributed by atoms with E-state index in [1.165, 1.54) is 25.3 Å². The van der Waals surface area contributed by atoms with Crippen molar-refractivity contribution in [3.05, 3.63) is 0 Å². The lowest BCUT2D eigenvalue weighted by Crippen LogP contribution is -2.49. The summed E-state index contributed by atoms with van der Waals surface area (Å²) in [5.41, 5.74) is 0. The van der Waals surface area contributed by atoms with E-state index in [-0.39, 0.29) is 0 Å². The Morgan fingerprint density at radius 3 is 2.25 bits per heavy atom. The molecule has 46 valence electrons. The monoisotopic (exact) mass is 129 g/mol. The van der Waals surface area contributed by atoms with Crippen LogP contribution in [0.3, 0.4) is 0 Å². The Morgan fingerprint density at radius 2 is 2.12 bits per heavy atom. The molecule has 2 aliphatic heterocycles. The molecule has 0 aromatic carbocycles. The average Bonchev–Trinajstić information content (AvgIpc) is 1.47. The van der Waals surface area contributed by atoms with Gasteiger partial charge in [-0.15, -0.1) is 0 Å². The molecule has 1 N–H and O–H groups in total. The summed E-state index contributed by atoms with van der Waals surface area (Å²) in [7, 11) is 0. The fourth-order valence-electron chi connectivity index (χ4n) is 1.20. The van der Waals surface area contributed by atoms with Gasteiger partial charge in [0.25, 0.3) is 0 Å². The molecule has 1 atom stereocenters. The van der Waals surface area contributed by atoms with Crippen LogP contribution in [0.4, 0.5) is 0 Å². The first-order valence-corrected chi connectivity index (χ1v) is 4.34. The fourth-order valence-corrected chi connectivity index (χ4v) is 2.17. The predicted molar refractivity (Wildman–Crippen MR) is 37.2 cm³/mol. The zero-order chi connectivity index (χ0) is 5.40. The Balaban J connectivity index is 1.79. The van der Waals surface area contributed by atoms with Gasteiger partial charge in [-0.2, -0.15) is 11.8 Å². The summed E-state index contributed by atoms with van der Waals surface area (Å²) in [6.07, 6.45) is 1.48. The molecule has 2 fully saturated rings. The van der Waals surface area contributed by atoms with Crippen LogP contribution in [0.15, 0.2) is 0 Å². The maximum atomic E-state index is 3.30. The Labute approximate surface area is 54.2 Å². The normalized spacial score (nSPS) is 38.2. The summed E-state index contributed by atoms with van der Waals surface area (Å²) in [5.74, 6) is 2.45. The molecule has 2 saturated heterocycles. The van der Waals surface area contributed by atoms with Gasteiger partial charge in [0.2, 0.25) is 0 Å². The molecule has 0 spiro atoms. The summed E-state index contributed by atoms with van der Waals surface area (Å²) >= 11 is 2.15. The number of rotatable bonds is 1. The molecule has 0 aromatic heterocycles. The van der Waals surface area contributed by atoms with E-state index in [4.69, 9.17) is 0 Å². The minimum Gasteiger partial charge on any atom is -0.316 e. The van der Waals surface area contributed by atoms with Crippen molar-refractivity contribution in [2.24, 2.45) is 5.92 Å². The van der Waals surface area contributed by atoms with Crippen molar-refractivity contribution in [1.82, 2.24) is 5.32 Å². The van der Waals surface area contributed by atoms with Gasteiger partial charge in [0, 0.05) is 18.3 Å². The van der Waals surface area contributed by atoms with Gasteiger partial charge in [0.1, 0.15) is 0 Å². The molecule has 8 heavy (non-hydrogen) atoms. The molecule has 0 amide bonds. The second kappa shape index (κ2) is 1.92. The molecule has 2 aliphatic rings. The van der Waals surface area contributed by atoms with Crippen molar-refractivity contribution in [2.45, 2.75) is 11.7 Å². The molecule has 1 nitrogen and oxygen atoms in total. The van der Waals surface area contributed by atoms with Gasteiger partial charge in [-0.3, -0.25) is 0 Å². The van der Waals surface area contributed by atoms with Crippen LogP contribution in [-0.4, -0.2) is 24.1 Å². The topological polar surface area (TPSA) is 12.0 Å². The van der Waals surface area contributed by atoms with E-state index in [1.807, 2.05) is 0 Å². The second-order valence-electron chi connectivity index (χ2n) is 2.62. The first-order valence-electron chi connectivity index (χ1n) is 3.29. The Bertz CT molecular complexity index is 74.5. The third kappa shape index (κ3) is 0.669. The van der Waals surface area contributed by atoms with Crippen molar-refractivity contribution in [3.8, 4) is 0 Å². The zero-order valence-corrected chi connectivity index (χ0v) is 5.71. The van der Waals surface area contributed by atoms with Crippen LogP contribution < -0.4 is 5.32 Å². The van der Waals surface area contributed by atoms with Gasteiger partial charge in [0.15, 0.2) is 0 Å². The molecule has 0 saturated carbocycles. The lowest BCUT2D eigenvalue weighted by Gasteiger charge is -2.39. The number of hydrogen-bond donors (Lipinski definition) is 1. The van der Waals surface area contributed by atoms with Gasteiger partial charge in [0.05, 0.1) is 0 Å². The highest BCUT2D eigenvalue weighted by Gasteiger charge is 2.31.